The van der Waals surface area contributed by atoms with Crippen LogP contribution in [0.2, 0.25) is 0 Å². The second-order valence-electron chi connectivity index (χ2n) is 4.76. The van der Waals surface area contributed by atoms with Crippen LogP contribution >= 0.6 is 0 Å². The van der Waals surface area contributed by atoms with Gasteiger partial charge in [-0.3, -0.25) is 0 Å². The summed E-state index contributed by atoms with van der Waals surface area (Å²) in [6, 6.07) is 8.27. The Morgan fingerprint density at radius 2 is 1.63 bits per heavy atom. The summed E-state index contributed by atoms with van der Waals surface area (Å²) in [7, 11) is 1.87. The van der Waals surface area contributed by atoms with Gasteiger partial charge in [0.2, 0.25) is 0 Å². The van der Waals surface area contributed by atoms with E-state index in [1.807, 2.05) is 32.2 Å². The number of hydrogen-bond acceptors (Lipinski definition) is 1. The largest absolute Gasteiger partial charge is 0.316 e. The molecule has 0 aliphatic heterocycles. The van der Waals surface area contributed by atoms with E-state index in [4.69, 9.17) is 0 Å². The molecule has 19 heavy (non-hydrogen) atoms. The molecule has 0 heterocycles. The van der Waals surface area contributed by atoms with Crippen LogP contribution in [0.3, 0.4) is 0 Å². The van der Waals surface area contributed by atoms with Crippen molar-refractivity contribution in [1.82, 2.24) is 5.32 Å². The van der Waals surface area contributed by atoms with Crippen molar-refractivity contribution >= 4 is 0 Å². The highest BCUT2D eigenvalue weighted by atomic mass is 19.1. The molecular weight excluding hydrogens is 244 g/mol. The first kappa shape index (κ1) is 13.7. The van der Waals surface area contributed by atoms with E-state index in [1.165, 1.54) is 12.1 Å². The lowest BCUT2D eigenvalue weighted by Gasteiger charge is -2.11. The molecule has 0 aliphatic rings. The molecule has 3 heteroatoms. The lowest BCUT2D eigenvalue weighted by molar-refractivity contribution is 0.595. The summed E-state index contributed by atoms with van der Waals surface area (Å²) in [5, 5.41) is 3.06. The molecule has 0 radical (unpaired) electrons. The molecule has 2 aromatic carbocycles. The normalized spacial score (nSPS) is 10.8. The van der Waals surface area contributed by atoms with Gasteiger partial charge in [-0.2, -0.15) is 0 Å². The predicted molar refractivity (Wildman–Crippen MR) is 74.0 cm³/mol. The first-order chi connectivity index (χ1) is 9.02. The van der Waals surface area contributed by atoms with Crippen molar-refractivity contribution in [2.45, 2.75) is 20.4 Å². The molecule has 100 valence electrons. The molecule has 1 nitrogen and oxygen atoms in total. The smallest absolute Gasteiger partial charge is 0.131 e. The Morgan fingerprint density at radius 3 is 2.26 bits per heavy atom. The topological polar surface area (TPSA) is 12.0 Å². The Kier molecular flexibility index (Phi) is 3.96. The van der Waals surface area contributed by atoms with Gasteiger partial charge < -0.3 is 5.32 Å². The van der Waals surface area contributed by atoms with Crippen LogP contribution in [0.4, 0.5) is 8.78 Å². The highest BCUT2D eigenvalue weighted by Crippen LogP contribution is 2.28. The zero-order valence-electron chi connectivity index (χ0n) is 11.3. The molecule has 0 aromatic heterocycles. The maximum atomic E-state index is 14.0. The van der Waals surface area contributed by atoms with Gasteiger partial charge in [-0.1, -0.05) is 18.2 Å². The van der Waals surface area contributed by atoms with Crippen LogP contribution in [-0.4, -0.2) is 7.05 Å². The molecule has 0 amide bonds. The maximum absolute atomic E-state index is 14.0. The van der Waals surface area contributed by atoms with E-state index in [1.54, 1.807) is 6.92 Å². The fourth-order valence-electron chi connectivity index (χ4n) is 2.19. The number of rotatable bonds is 3. The van der Waals surface area contributed by atoms with Crippen LogP contribution in [0.1, 0.15) is 16.7 Å². The molecule has 2 rings (SSSR count). The van der Waals surface area contributed by atoms with Gasteiger partial charge in [0.25, 0.3) is 0 Å². The second-order valence-corrected chi connectivity index (χ2v) is 4.76. The van der Waals surface area contributed by atoms with Crippen molar-refractivity contribution in [3.63, 3.8) is 0 Å². The minimum absolute atomic E-state index is 0.316. The third-order valence-electron chi connectivity index (χ3n) is 3.21. The molecule has 0 saturated carbocycles. The molecule has 0 spiro atoms. The van der Waals surface area contributed by atoms with Gasteiger partial charge in [-0.25, -0.2) is 8.78 Å². The fourth-order valence-corrected chi connectivity index (χ4v) is 2.19. The van der Waals surface area contributed by atoms with Crippen LogP contribution in [0.5, 0.6) is 0 Å². The summed E-state index contributed by atoms with van der Waals surface area (Å²) in [4.78, 5) is 0. The quantitative estimate of drug-likeness (QED) is 0.881. The van der Waals surface area contributed by atoms with E-state index in [2.05, 4.69) is 5.32 Å². The number of aryl methyl sites for hydroxylation is 2. The first-order valence-electron chi connectivity index (χ1n) is 6.23. The van der Waals surface area contributed by atoms with Crippen LogP contribution in [-0.2, 0) is 6.54 Å². The fraction of sp³-hybridized carbons (Fsp3) is 0.250. The predicted octanol–water partition coefficient (Wildman–Crippen LogP) is 3.97. The Balaban J connectivity index is 2.50. The van der Waals surface area contributed by atoms with Crippen molar-refractivity contribution in [3.8, 4) is 11.1 Å². The van der Waals surface area contributed by atoms with E-state index < -0.39 is 0 Å². The molecule has 0 fully saturated rings. The number of nitrogens with one attached hydrogen (secondary N) is 1. The van der Waals surface area contributed by atoms with Crippen molar-refractivity contribution in [2.24, 2.45) is 0 Å². The van der Waals surface area contributed by atoms with Crippen LogP contribution < -0.4 is 5.32 Å². The standard InChI is InChI=1S/C16H17F2N/c1-10-6-12(9-19-3)4-5-13(10)14-8-15(17)11(2)7-16(14)18/h4-8,19H,9H2,1-3H3. The minimum Gasteiger partial charge on any atom is -0.316 e. The lowest BCUT2D eigenvalue weighted by Crippen LogP contribution is -2.05. The summed E-state index contributed by atoms with van der Waals surface area (Å²) >= 11 is 0. The molecule has 0 saturated heterocycles. The Bertz CT molecular complexity index is 606. The SMILES string of the molecule is CNCc1ccc(-c2cc(F)c(C)cc2F)c(C)c1. The summed E-state index contributed by atoms with van der Waals surface area (Å²) < 4.78 is 27.6. The zero-order chi connectivity index (χ0) is 14.0. The average Bonchev–Trinajstić information content (AvgIpc) is 2.35. The van der Waals surface area contributed by atoms with E-state index in [9.17, 15) is 8.78 Å². The first-order valence-corrected chi connectivity index (χ1v) is 6.23. The highest BCUT2D eigenvalue weighted by Gasteiger charge is 2.11. The molecule has 0 bridgehead atoms. The van der Waals surface area contributed by atoms with Gasteiger partial charge >= 0.3 is 0 Å². The summed E-state index contributed by atoms with van der Waals surface area (Å²) in [6.07, 6.45) is 0. The van der Waals surface area contributed by atoms with E-state index in [0.29, 0.717) is 11.1 Å². The molecule has 0 atom stereocenters. The van der Waals surface area contributed by atoms with Gasteiger partial charge in [0.1, 0.15) is 11.6 Å². The monoisotopic (exact) mass is 261 g/mol. The summed E-state index contributed by atoms with van der Waals surface area (Å²) in [6.45, 7) is 4.22. The van der Waals surface area contributed by atoms with Gasteiger partial charge in [0.05, 0.1) is 0 Å². The Hall–Kier alpha value is -1.74. The highest BCUT2D eigenvalue weighted by molar-refractivity contribution is 5.68. The van der Waals surface area contributed by atoms with Crippen LogP contribution in [0.25, 0.3) is 11.1 Å². The zero-order valence-corrected chi connectivity index (χ0v) is 11.3. The second kappa shape index (κ2) is 5.49. The number of hydrogen-bond donors (Lipinski definition) is 1. The van der Waals surface area contributed by atoms with Crippen LogP contribution in [0.15, 0.2) is 30.3 Å². The Labute approximate surface area is 112 Å². The Morgan fingerprint density at radius 1 is 0.895 bits per heavy atom. The molecule has 0 aliphatic carbocycles. The molecule has 0 unspecified atom stereocenters. The summed E-state index contributed by atoms with van der Waals surface area (Å²) in [5.41, 5.74) is 3.44. The van der Waals surface area contributed by atoms with E-state index in [-0.39, 0.29) is 11.6 Å². The van der Waals surface area contributed by atoms with Crippen molar-refractivity contribution in [3.05, 3.63) is 58.7 Å². The molecule has 2 aromatic rings. The number of halogens is 2. The van der Waals surface area contributed by atoms with Gasteiger partial charge in [-0.05, 0) is 55.3 Å². The van der Waals surface area contributed by atoms with E-state index >= 15 is 0 Å². The maximum Gasteiger partial charge on any atom is 0.131 e. The van der Waals surface area contributed by atoms with Gasteiger partial charge in [0, 0.05) is 12.1 Å². The lowest BCUT2D eigenvalue weighted by atomic mass is 9.97. The van der Waals surface area contributed by atoms with Crippen LogP contribution in [0, 0.1) is 25.5 Å². The third kappa shape index (κ3) is 2.82. The minimum atomic E-state index is -0.386. The van der Waals surface area contributed by atoms with Gasteiger partial charge in [-0.15, -0.1) is 0 Å². The van der Waals surface area contributed by atoms with Crippen molar-refractivity contribution in [1.29, 1.82) is 0 Å². The average molecular weight is 261 g/mol. The van der Waals surface area contributed by atoms with E-state index in [0.717, 1.165) is 23.2 Å². The molecule has 1 N–H and O–H groups in total. The van der Waals surface area contributed by atoms with Gasteiger partial charge in [0.15, 0.2) is 0 Å². The number of benzene rings is 2. The van der Waals surface area contributed by atoms with Crippen molar-refractivity contribution in [2.75, 3.05) is 7.05 Å². The van der Waals surface area contributed by atoms with Crippen molar-refractivity contribution < 1.29 is 8.78 Å². The summed E-state index contributed by atoms with van der Waals surface area (Å²) in [5.74, 6) is -0.765. The molecular formula is C16H17F2N. The third-order valence-corrected chi connectivity index (χ3v) is 3.21.